The van der Waals surface area contributed by atoms with Crippen molar-refractivity contribution in [1.29, 1.82) is 0 Å². The van der Waals surface area contributed by atoms with Crippen LogP contribution in [-0.2, 0) is 22.2 Å². The lowest BCUT2D eigenvalue weighted by molar-refractivity contribution is -0.166. The average Bonchev–Trinajstić information content (AvgIpc) is 3.13. The van der Waals surface area contributed by atoms with E-state index in [2.05, 4.69) is 23.6 Å². The molecule has 1 spiro atoms. The minimum Gasteiger partial charge on any atom is -0.490 e. The molecule has 3 N–H and O–H groups in total. The first-order valence-corrected chi connectivity index (χ1v) is 16.5. The van der Waals surface area contributed by atoms with Gasteiger partial charge in [0.2, 0.25) is 0 Å². The fourth-order valence-electron chi connectivity index (χ4n) is 8.21. The number of nitrogens with zero attached hydrogens (tertiary/aromatic N) is 2. The van der Waals surface area contributed by atoms with Crippen LogP contribution in [0.1, 0.15) is 62.1 Å². The Morgan fingerprint density at radius 2 is 2.02 bits per heavy atom. The Hall–Kier alpha value is -3.00. The predicted molar refractivity (Wildman–Crippen MR) is 173 cm³/mol. The quantitative estimate of drug-likeness (QED) is 0.360. The van der Waals surface area contributed by atoms with Crippen molar-refractivity contribution in [3.63, 3.8) is 0 Å². The van der Waals surface area contributed by atoms with Crippen LogP contribution in [-0.4, -0.2) is 65.6 Å². The maximum absolute atomic E-state index is 13.0. The number of halogens is 1. The molecular weight excluding hydrogens is 576 g/mol. The van der Waals surface area contributed by atoms with Crippen LogP contribution in [0.3, 0.4) is 0 Å². The third-order valence-electron chi connectivity index (χ3n) is 10.9. The standard InChI is InChI=1S/C36H45ClN2O5/c1-4-29-23(2)38(3)17-6-5-9-32(40)28-13-10-25(28)20-39-21-35(16-7-8-24-18-27(37)12-14-30(24)35)22-44-33-15-11-26(19-31(33)39)36(29,43)34(41)42/h5,9,11-12,14-15,18-19,25,28-29,32,40,43H,2,4,6-8,10,13,16-17,20-22H2,1,3H3,(H,41,42)/b9-5+/t25-,28+,29-,32-,35-,36-/m0/s1. The molecule has 0 unspecified atom stereocenters. The van der Waals surface area contributed by atoms with Gasteiger partial charge >= 0.3 is 5.97 Å². The molecule has 236 valence electrons. The molecule has 7 nitrogen and oxygen atoms in total. The Kier molecular flexibility index (Phi) is 8.50. The highest BCUT2D eigenvalue weighted by Gasteiger charge is 2.49. The molecule has 2 aromatic rings. The summed E-state index contributed by atoms with van der Waals surface area (Å²) in [6.07, 6.45) is 9.43. The molecule has 1 fully saturated rings. The van der Waals surface area contributed by atoms with E-state index in [1.165, 1.54) is 11.1 Å². The van der Waals surface area contributed by atoms with Crippen molar-refractivity contribution in [3.8, 4) is 5.75 Å². The first-order valence-electron chi connectivity index (χ1n) is 16.1. The number of rotatable bonds is 2. The molecule has 0 saturated heterocycles. The number of fused-ring (bicyclic) bond motifs is 4. The van der Waals surface area contributed by atoms with E-state index >= 15 is 0 Å². The number of carboxylic acid groups (broad SMARTS) is 1. The van der Waals surface area contributed by atoms with Crippen LogP contribution in [0, 0.1) is 17.8 Å². The number of aliphatic hydroxyl groups excluding tert-OH is 1. The van der Waals surface area contributed by atoms with E-state index in [-0.39, 0.29) is 17.3 Å². The van der Waals surface area contributed by atoms with Gasteiger partial charge in [0.15, 0.2) is 5.60 Å². The molecule has 0 amide bonds. The van der Waals surface area contributed by atoms with Crippen molar-refractivity contribution >= 4 is 23.3 Å². The number of ether oxygens (including phenoxy) is 1. The second-order valence-corrected chi connectivity index (χ2v) is 13.9. The zero-order chi connectivity index (χ0) is 31.2. The Morgan fingerprint density at radius 3 is 2.75 bits per heavy atom. The van der Waals surface area contributed by atoms with E-state index in [0.717, 1.165) is 42.8 Å². The van der Waals surface area contributed by atoms with Gasteiger partial charge in [0.05, 0.1) is 18.4 Å². The van der Waals surface area contributed by atoms with E-state index in [1.54, 1.807) is 6.07 Å². The van der Waals surface area contributed by atoms with Gasteiger partial charge in [0, 0.05) is 48.7 Å². The predicted octanol–water partition coefficient (Wildman–Crippen LogP) is 5.90. The summed E-state index contributed by atoms with van der Waals surface area (Å²) >= 11 is 6.42. The maximum Gasteiger partial charge on any atom is 0.341 e. The minimum absolute atomic E-state index is 0.150. The number of hydrogen-bond donors (Lipinski definition) is 3. The monoisotopic (exact) mass is 620 g/mol. The van der Waals surface area contributed by atoms with Gasteiger partial charge in [0.25, 0.3) is 0 Å². The fraction of sp³-hybridized carbons (Fsp3) is 0.528. The molecule has 0 radical (unpaired) electrons. The van der Waals surface area contributed by atoms with E-state index in [1.807, 2.05) is 49.2 Å². The van der Waals surface area contributed by atoms with Crippen molar-refractivity contribution in [2.24, 2.45) is 17.8 Å². The highest BCUT2D eigenvalue weighted by Crippen LogP contribution is 2.48. The lowest BCUT2D eigenvalue weighted by Gasteiger charge is -2.45. The Bertz CT molecular complexity index is 1460. The molecule has 4 aliphatic rings. The fourth-order valence-corrected chi connectivity index (χ4v) is 8.40. The van der Waals surface area contributed by atoms with Crippen molar-refractivity contribution in [2.45, 2.75) is 69.0 Å². The lowest BCUT2D eigenvalue weighted by Crippen LogP contribution is -2.49. The van der Waals surface area contributed by atoms with Crippen molar-refractivity contribution in [1.82, 2.24) is 4.90 Å². The Morgan fingerprint density at radius 1 is 1.20 bits per heavy atom. The number of aliphatic carboxylic acids is 1. The molecule has 0 aromatic heterocycles. The van der Waals surface area contributed by atoms with Gasteiger partial charge in [-0.25, -0.2) is 4.79 Å². The second kappa shape index (κ2) is 12.1. The van der Waals surface area contributed by atoms with Gasteiger partial charge in [-0.15, -0.1) is 0 Å². The van der Waals surface area contributed by atoms with E-state index < -0.39 is 23.6 Å². The van der Waals surface area contributed by atoms with Crippen LogP contribution < -0.4 is 9.64 Å². The normalized spacial score (nSPS) is 33.0. The summed E-state index contributed by atoms with van der Waals surface area (Å²) in [5.41, 5.74) is 1.73. The van der Waals surface area contributed by atoms with Crippen LogP contribution in [0.25, 0.3) is 0 Å². The maximum atomic E-state index is 13.0. The highest BCUT2D eigenvalue weighted by atomic mass is 35.5. The smallest absolute Gasteiger partial charge is 0.341 e. The number of aryl methyl sites for hydroxylation is 1. The van der Waals surface area contributed by atoms with Crippen LogP contribution in [0.5, 0.6) is 5.75 Å². The Labute approximate surface area is 265 Å². The molecule has 6 atom stereocenters. The summed E-state index contributed by atoms with van der Waals surface area (Å²) in [4.78, 5) is 17.3. The molecule has 2 bridgehead atoms. The van der Waals surface area contributed by atoms with Crippen LogP contribution in [0.2, 0.25) is 5.02 Å². The van der Waals surface area contributed by atoms with Crippen molar-refractivity contribution in [3.05, 3.63) is 82.5 Å². The first-order chi connectivity index (χ1) is 21.1. The largest absolute Gasteiger partial charge is 0.490 e. The second-order valence-electron chi connectivity index (χ2n) is 13.4. The van der Waals surface area contributed by atoms with E-state index in [9.17, 15) is 20.1 Å². The molecule has 2 aromatic carbocycles. The minimum atomic E-state index is -2.18. The number of anilines is 1. The topological polar surface area (TPSA) is 93.5 Å². The summed E-state index contributed by atoms with van der Waals surface area (Å²) in [7, 11) is 1.88. The zero-order valence-corrected chi connectivity index (χ0v) is 26.6. The van der Waals surface area contributed by atoms with Gasteiger partial charge in [-0.05, 0) is 97.7 Å². The van der Waals surface area contributed by atoms with Crippen molar-refractivity contribution < 1.29 is 24.9 Å². The number of carboxylic acids is 1. The number of hydrogen-bond acceptors (Lipinski definition) is 6. The molecular formula is C36H45ClN2O5. The van der Waals surface area contributed by atoms with Gasteiger partial charge in [-0.2, -0.15) is 0 Å². The number of aliphatic hydroxyl groups is 2. The summed E-state index contributed by atoms with van der Waals surface area (Å²) < 4.78 is 6.62. The Balaban J connectivity index is 1.49. The number of carbonyl (C=O) groups is 1. The summed E-state index contributed by atoms with van der Waals surface area (Å²) in [5.74, 6) is -0.940. The third kappa shape index (κ3) is 5.31. The van der Waals surface area contributed by atoms with Gasteiger partial charge in [0.1, 0.15) is 5.75 Å². The molecule has 6 rings (SSSR count). The summed E-state index contributed by atoms with van der Waals surface area (Å²) in [6.45, 7) is 8.63. The molecule has 2 heterocycles. The van der Waals surface area contributed by atoms with Crippen LogP contribution in [0.4, 0.5) is 5.69 Å². The van der Waals surface area contributed by atoms with Gasteiger partial charge in [-0.3, -0.25) is 0 Å². The average molecular weight is 621 g/mol. The summed E-state index contributed by atoms with van der Waals surface area (Å²) in [6, 6.07) is 11.6. The molecule has 8 heteroatoms. The lowest BCUT2D eigenvalue weighted by atomic mass is 9.68. The van der Waals surface area contributed by atoms with Gasteiger partial charge < -0.3 is 29.9 Å². The zero-order valence-electron chi connectivity index (χ0n) is 25.8. The molecule has 1 saturated carbocycles. The number of benzene rings is 2. The van der Waals surface area contributed by atoms with Crippen LogP contribution in [0.15, 0.2) is 60.8 Å². The van der Waals surface area contributed by atoms with Crippen LogP contribution >= 0.6 is 11.6 Å². The van der Waals surface area contributed by atoms with Crippen molar-refractivity contribution in [2.75, 3.05) is 38.2 Å². The first kappa shape index (κ1) is 31.0. The van der Waals surface area contributed by atoms with E-state index in [4.69, 9.17) is 16.3 Å². The molecule has 44 heavy (non-hydrogen) atoms. The third-order valence-corrected chi connectivity index (χ3v) is 11.2. The SMILES string of the molecule is C=C1[C@H](CC)[C@](O)(C(=O)O)c2ccc3c(c2)N(C[C@@H]2CC[C@H]2[C@@H](O)/C=C/CCN1C)C[C@@]1(CCCc2cc(Cl)ccc21)CO3. The van der Waals surface area contributed by atoms with E-state index in [0.29, 0.717) is 56.1 Å². The highest BCUT2D eigenvalue weighted by molar-refractivity contribution is 6.30. The summed E-state index contributed by atoms with van der Waals surface area (Å²) in [5, 5.41) is 34.7. The molecule has 2 aliphatic carbocycles. The molecule has 2 aliphatic heterocycles. The van der Waals surface area contributed by atoms with Gasteiger partial charge in [-0.1, -0.05) is 49.4 Å².